The number of nitrogens with zero attached hydrogens (tertiary/aromatic N) is 1. The molecule has 0 spiro atoms. The number of aryl methyl sites for hydroxylation is 1. The van der Waals surface area contributed by atoms with Gasteiger partial charge in [-0.25, -0.2) is 0 Å². The Labute approximate surface area is 177 Å². The van der Waals surface area contributed by atoms with Gasteiger partial charge in [0.15, 0.2) is 5.76 Å². The Morgan fingerprint density at radius 1 is 1.18 bits per heavy atom. The third-order valence-electron chi connectivity index (χ3n) is 5.09. The summed E-state index contributed by atoms with van der Waals surface area (Å²) >= 11 is 5.16. The third kappa shape index (κ3) is 4.24. The fraction of sp³-hybridized carbons (Fsp3) is 0.318. The first kappa shape index (κ1) is 19.4. The number of hydrogen-bond acceptors (Lipinski definition) is 4. The molecule has 3 heterocycles. The Hall–Kier alpha value is -1.89. The van der Waals surface area contributed by atoms with Crippen molar-refractivity contribution < 1.29 is 9.21 Å². The summed E-state index contributed by atoms with van der Waals surface area (Å²) in [7, 11) is 0. The number of rotatable bonds is 5. The van der Waals surface area contributed by atoms with E-state index in [1.165, 1.54) is 36.0 Å². The van der Waals surface area contributed by atoms with E-state index in [4.69, 9.17) is 4.42 Å². The summed E-state index contributed by atoms with van der Waals surface area (Å²) in [5, 5.41) is 3.98. The van der Waals surface area contributed by atoms with Gasteiger partial charge in [0, 0.05) is 14.9 Å². The molecule has 1 amide bonds. The van der Waals surface area contributed by atoms with Gasteiger partial charge in [-0.15, -0.1) is 11.3 Å². The Kier molecular flexibility index (Phi) is 5.99. The Balaban J connectivity index is 1.71. The van der Waals surface area contributed by atoms with Gasteiger partial charge in [-0.2, -0.15) is 0 Å². The van der Waals surface area contributed by atoms with Gasteiger partial charge in [0.1, 0.15) is 5.00 Å². The summed E-state index contributed by atoms with van der Waals surface area (Å²) in [6.07, 6.45) is 5.23. The molecule has 28 heavy (non-hydrogen) atoms. The van der Waals surface area contributed by atoms with Crippen LogP contribution in [0.4, 0.5) is 5.00 Å². The van der Waals surface area contributed by atoms with Crippen molar-refractivity contribution in [2.45, 2.75) is 32.2 Å². The minimum Gasteiger partial charge on any atom is -0.459 e. The van der Waals surface area contributed by atoms with Crippen molar-refractivity contribution in [2.75, 3.05) is 18.4 Å². The second-order valence-corrected chi connectivity index (χ2v) is 9.30. The number of benzene rings is 1. The van der Waals surface area contributed by atoms with Gasteiger partial charge >= 0.3 is 0 Å². The lowest BCUT2D eigenvalue weighted by molar-refractivity contribution is 0.0996. The van der Waals surface area contributed by atoms with Crippen LogP contribution in [0.2, 0.25) is 0 Å². The lowest BCUT2D eigenvalue weighted by atomic mass is 9.96. The second kappa shape index (κ2) is 8.64. The number of amides is 1. The SMILES string of the molecule is Cc1cc(C(c2ccc(Br)cc2)N2CCCCC2)c(NC(=O)c2ccco2)s1. The molecule has 1 atom stereocenters. The minimum absolute atomic E-state index is 0.130. The number of carbonyl (C=O) groups is 1. The summed E-state index contributed by atoms with van der Waals surface area (Å²) in [6.45, 7) is 4.23. The maximum atomic E-state index is 12.6. The van der Waals surface area contributed by atoms with Crippen molar-refractivity contribution in [2.24, 2.45) is 0 Å². The van der Waals surface area contributed by atoms with E-state index in [0.29, 0.717) is 5.76 Å². The summed E-state index contributed by atoms with van der Waals surface area (Å²) in [5.74, 6) is 0.122. The molecule has 4 nitrogen and oxygen atoms in total. The fourth-order valence-electron chi connectivity index (χ4n) is 3.82. The van der Waals surface area contributed by atoms with E-state index in [1.807, 2.05) is 0 Å². The van der Waals surface area contributed by atoms with Crippen molar-refractivity contribution in [1.82, 2.24) is 4.90 Å². The second-order valence-electron chi connectivity index (χ2n) is 7.12. The molecule has 1 aliphatic rings. The molecule has 0 radical (unpaired) electrons. The fourth-order valence-corrected chi connectivity index (χ4v) is 5.02. The molecule has 6 heteroatoms. The highest BCUT2D eigenvalue weighted by molar-refractivity contribution is 9.10. The average molecular weight is 459 g/mol. The van der Waals surface area contributed by atoms with E-state index in [1.54, 1.807) is 23.5 Å². The Morgan fingerprint density at radius 2 is 1.93 bits per heavy atom. The van der Waals surface area contributed by atoms with Crippen LogP contribution < -0.4 is 5.32 Å². The average Bonchev–Trinajstić information content (AvgIpc) is 3.35. The number of nitrogens with one attached hydrogen (secondary N) is 1. The first-order valence-corrected chi connectivity index (χ1v) is 11.2. The zero-order chi connectivity index (χ0) is 19.5. The molecule has 0 bridgehead atoms. The van der Waals surface area contributed by atoms with Crippen LogP contribution in [0.1, 0.15) is 51.9 Å². The van der Waals surface area contributed by atoms with Gasteiger partial charge in [0.25, 0.3) is 5.91 Å². The standard InChI is InChI=1S/C22H23BrN2O2S/c1-15-14-18(22(28-15)24-21(26)19-6-5-13-27-19)20(25-11-3-2-4-12-25)16-7-9-17(23)10-8-16/h5-10,13-14,20H,2-4,11-12H2,1H3,(H,24,26). The molecule has 1 saturated heterocycles. The lowest BCUT2D eigenvalue weighted by Gasteiger charge is -2.35. The predicted molar refractivity (Wildman–Crippen MR) is 117 cm³/mol. The highest BCUT2D eigenvalue weighted by atomic mass is 79.9. The minimum atomic E-state index is -0.207. The molecule has 2 aromatic heterocycles. The van der Waals surface area contributed by atoms with Crippen molar-refractivity contribution in [3.63, 3.8) is 0 Å². The van der Waals surface area contributed by atoms with Crippen molar-refractivity contribution in [3.05, 3.63) is 75.0 Å². The number of hydrogen-bond donors (Lipinski definition) is 1. The molecule has 1 fully saturated rings. The number of carbonyl (C=O) groups excluding carboxylic acids is 1. The van der Waals surface area contributed by atoms with Gasteiger partial charge in [-0.05, 0) is 68.8 Å². The van der Waals surface area contributed by atoms with E-state index >= 15 is 0 Å². The molecule has 3 aromatic rings. The van der Waals surface area contributed by atoms with Crippen LogP contribution >= 0.6 is 27.3 Å². The number of thiophene rings is 1. The van der Waals surface area contributed by atoms with Crippen LogP contribution in [0.5, 0.6) is 0 Å². The maximum absolute atomic E-state index is 12.6. The van der Waals surface area contributed by atoms with Crippen LogP contribution in [-0.2, 0) is 0 Å². The molecular weight excluding hydrogens is 436 g/mol. The molecule has 1 aliphatic heterocycles. The third-order valence-corrected chi connectivity index (χ3v) is 6.60. The number of likely N-dealkylation sites (tertiary alicyclic amines) is 1. The van der Waals surface area contributed by atoms with Gasteiger partial charge in [-0.3, -0.25) is 9.69 Å². The van der Waals surface area contributed by atoms with E-state index in [0.717, 1.165) is 28.1 Å². The van der Waals surface area contributed by atoms with Gasteiger partial charge in [-0.1, -0.05) is 34.5 Å². The first-order valence-electron chi connectivity index (χ1n) is 9.56. The summed E-state index contributed by atoms with van der Waals surface area (Å²) in [5.41, 5.74) is 2.41. The van der Waals surface area contributed by atoms with E-state index in [-0.39, 0.29) is 11.9 Å². The van der Waals surface area contributed by atoms with Crippen LogP contribution in [0.3, 0.4) is 0 Å². The Morgan fingerprint density at radius 3 is 2.61 bits per heavy atom. The molecule has 1 unspecified atom stereocenters. The molecule has 1 N–H and O–H groups in total. The van der Waals surface area contributed by atoms with E-state index in [2.05, 4.69) is 63.4 Å². The number of furan rings is 1. The van der Waals surface area contributed by atoms with Crippen molar-refractivity contribution in [1.29, 1.82) is 0 Å². The smallest absolute Gasteiger partial charge is 0.291 e. The molecule has 0 aliphatic carbocycles. The van der Waals surface area contributed by atoms with Crippen LogP contribution in [0, 0.1) is 6.92 Å². The zero-order valence-corrected chi connectivity index (χ0v) is 18.2. The molecule has 1 aromatic carbocycles. The molecule has 146 valence electrons. The van der Waals surface area contributed by atoms with Gasteiger partial charge in [0.2, 0.25) is 0 Å². The first-order chi connectivity index (χ1) is 13.6. The molecule has 0 saturated carbocycles. The lowest BCUT2D eigenvalue weighted by Crippen LogP contribution is -2.34. The van der Waals surface area contributed by atoms with E-state index < -0.39 is 0 Å². The monoisotopic (exact) mass is 458 g/mol. The number of halogens is 1. The van der Waals surface area contributed by atoms with Crippen LogP contribution in [-0.4, -0.2) is 23.9 Å². The topological polar surface area (TPSA) is 45.5 Å². The molecular formula is C22H23BrN2O2S. The number of piperidine rings is 1. The quantitative estimate of drug-likeness (QED) is 0.491. The summed E-state index contributed by atoms with van der Waals surface area (Å²) in [4.78, 5) is 16.3. The summed E-state index contributed by atoms with van der Waals surface area (Å²) in [6, 6.07) is 14.3. The zero-order valence-electron chi connectivity index (χ0n) is 15.8. The summed E-state index contributed by atoms with van der Waals surface area (Å²) < 4.78 is 6.34. The normalized spacial score (nSPS) is 16.1. The van der Waals surface area contributed by atoms with Crippen LogP contribution in [0.15, 0.2) is 57.6 Å². The largest absolute Gasteiger partial charge is 0.459 e. The predicted octanol–water partition coefficient (Wildman–Crippen LogP) is 6.24. The van der Waals surface area contributed by atoms with Gasteiger partial charge < -0.3 is 9.73 Å². The highest BCUT2D eigenvalue weighted by Gasteiger charge is 2.28. The van der Waals surface area contributed by atoms with Crippen molar-refractivity contribution in [3.8, 4) is 0 Å². The number of anilines is 1. The Bertz CT molecular complexity index is 928. The van der Waals surface area contributed by atoms with E-state index in [9.17, 15) is 4.79 Å². The highest BCUT2D eigenvalue weighted by Crippen LogP contribution is 2.40. The maximum Gasteiger partial charge on any atom is 0.291 e. The van der Waals surface area contributed by atoms with Crippen molar-refractivity contribution >= 4 is 38.2 Å². The van der Waals surface area contributed by atoms with Crippen LogP contribution in [0.25, 0.3) is 0 Å². The molecule has 4 rings (SSSR count). The van der Waals surface area contributed by atoms with Gasteiger partial charge in [0.05, 0.1) is 12.3 Å².